The zero-order valence-corrected chi connectivity index (χ0v) is 19.3. The molecule has 1 heterocycles. The van der Waals surface area contributed by atoms with Crippen LogP contribution in [0.4, 0.5) is 10.5 Å². The summed E-state index contributed by atoms with van der Waals surface area (Å²) in [6.45, 7) is 4.75. The first-order chi connectivity index (χ1) is 15.7. The number of carbonyl (C=O) groups is 4. The van der Waals surface area contributed by atoms with Crippen molar-refractivity contribution in [3.63, 3.8) is 0 Å². The lowest BCUT2D eigenvalue weighted by atomic mass is 10.2. The van der Waals surface area contributed by atoms with E-state index in [2.05, 4.69) is 5.32 Å². The fourth-order valence-corrected chi connectivity index (χ4v) is 3.78. The van der Waals surface area contributed by atoms with E-state index in [9.17, 15) is 19.2 Å². The van der Waals surface area contributed by atoms with Crippen molar-refractivity contribution in [2.45, 2.75) is 26.9 Å². The maximum Gasteiger partial charge on any atom is 0.326 e. The van der Waals surface area contributed by atoms with Crippen molar-refractivity contribution in [2.24, 2.45) is 0 Å². The Morgan fingerprint density at radius 3 is 2.52 bits per heavy atom. The fraction of sp³-hybridized carbons (Fsp3) is 0.250. The molecule has 0 bridgehead atoms. The summed E-state index contributed by atoms with van der Waals surface area (Å²) in [5.41, 5.74) is 2.41. The van der Waals surface area contributed by atoms with E-state index in [1.54, 1.807) is 50.3 Å². The van der Waals surface area contributed by atoms with Gasteiger partial charge in [-0.05, 0) is 74.0 Å². The van der Waals surface area contributed by atoms with Crippen LogP contribution < -0.4 is 10.1 Å². The normalized spacial score (nSPS) is 14.7. The van der Waals surface area contributed by atoms with Gasteiger partial charge in [0.1, 0.15) is 12.3 Å². The maximum atomic E-state index is 12.5. The van der Waals surface area contributed by atoms with Gasteiger partial charge in [0.05, 0.1) is 11.0 Å². The first kappa shape index (κ1) is 24.1. The van der Waals surface area contributed by atoms with Crippen molar-refractivity contribution in [2.75, 3.05) is 18.5 Å². The second-order valence-electron chi connectivity index (χ2n) is 7.58. The summed E-state index contributed by atoms with van der Waals surface area (Å²) in [5, 5.41) is 2.24. The highest BCUT2D eigenvalue weighted by Crippen LogP contribution is 2.32. The van der Waals surface area contributed by atoms with Crippen molar-refractivity contribution in [1.29, 1.82) is 0 Å². The molecule has 172 valence electrons. The summed E-state index contributed by atoms with van der Waals surface area (Å²) in [6, 6.07) is 14.2. The number of benzene rings is 2. The molecule has 0 atom stereocenters. The second-order valence-corrected chi connectivity index (χ2v) is 8.58. The van der Waals surface area contributed by atoms with Crippen LogP contribution in [0.2, 0.25) is 0 Å². The molecular weight excluding hydrogens is 444 g/mol. The summed E-state index contributed by atoms with van der Waals surface area (Å²) in [7, 11) is 0. The van der Waals surface area contributed by atoms with E-state index < -0.39 is 23.7 Å². The number of nitrogens with one attached hydrogen (secondary N) is 1. The average molecular weight is 469 g/mol. The summed E-state index contributed by atoms with van der Waals surface area (Å²) in [5.74, 6) is -0.981. The Balaban J connectivity index is 1.55. The molecule has 0 aromatic heterocycles. The molecular formula is C24H24N2O6S. The fourth-order valence-electron chi connectivity index (χ4n) is 2.95. The van der Waals surface area contributed by atoms with E-state index in [0.717, 1.165) is 22.2 Å². The Morgan fingerprint density at radius 2 is 1.85 bits per heavy atom. The van der Waals surface area contributed by atoms with Crippen LogP contribution in [0.1, 0.15) is 25.0 Å². The molecule has 1 aliphatic heterocycles. The van der Waals surface area contributed by atoms with Gasteiger partial charge < -0.3 is 14.8 Å². The number of thioether (sulfide) groups is 1. The minimum Gasteiger partial charge on any atom is -0.484 e. The number of hydrogen-bond donors (Lipinski definition) is 1. The van der Waals surface area contributed by atoms with Crippen molar-refractivity contribution >= 4 is 46.5 Å². The Morgan fingerprint density at radius 1 is 1.12 bits per heavy atom. The topological polar surface area (TPSA) is 102 Å². The lowest BCUT2D eigenvalue weighted by molar-refractivity contribution is -0.149. The van der Waals surface area contributed by atoms with E-state index in [1.807, 2.05) is 25.1 Å². The number of carbonyl (C=O) groups excluding carboxylic acids is 4. The summed E-state index contributed by atoms with van der Waals surface area (Å²) >= 11 is 0.764. The molecule has 0 spiro atoms. The van der Waals surface area contributed by atoms with Gasteiger partial charge >= 0.3 is 5.97 Å². The smallest absolute Gasteiger partial charge is 0.326 e. The SMILES string of the molecule is Cc1cccc(NC(=O)COc2ccc(/C=C3\SC(=O)N(CC(=O)OC(C)C)C3=O)cc2)c1. The van der Waals surface area contributed by atoms with E-state index in [-0.39, 0.29) is 23.5 Å². The Hall–Kier alpha value is -3.59. The van der Waals surface area contributed by atoms with Gasteiger partial charge in [0, 0.05) is 5.69 Å². The Bertz CT molecular complexity index is 1090. The van der Waals surface area contributed by atoms with Crippen LogP contribution in [0.3, 0.4) is 0 Å². The molecule has 8 nitrogen and oxygen atoms in total. The van der Waals surface area contributed by atoms with E-state index in [1.165, 1.54) is 0 Å². The number of amides is 3. The third kappa shape index (κ3) is 6.95. The predicted molar refractivity (Wildman–Crippen MR) is 126 cm³/mol. The molecule has 1 aliphatic rings. The van der Waals surface area contributed by atoms with Crippen LogP contribution in [0.15, 0.2) is 53.4 Å². The number of aryl methyl sites for hydroxylation is 1. The molecule has 2 aromatic rings. The third-order valence-electron chi connectivity index (χ3n) is 4.38. The van der Waals surface area contributed by atoms with Crippen LogP contribution in [-0.2, 0) is 19.1 Å². The third-order valence-corrected chi connectivity index (χ3v) is 5.28. The summed E-state index contributed by atoms with van der Waals surface area (Å²) in [4.78, 5) is 49.6. The minimum atomic E-state index is -0.638. The Labute approximate surface area is 195 Å². The average Bonchev–Trinajstić information content (AvgIpc) is 3.00. The molecule has 1 saturated heterocycles. The highest BCUT2D eigenvalue weighted by atomic mass is 32.2. The first-order valence-corrected chi connectivity index (χ1v) is 11.1. The molecule has 33 heavy (non-hydrogen) atoms. The molecule has 1 N–H and O–H groups in total. The number of esters is 1. The van der Waals surface area contributed by atoms with Gasteiger partial charge in [0.15, 0.2) is 6.61 Å². The molecule has 0 unspecified atom stereocenters. The van der Waals surface area contributed by atoms with E-state index in [0.29, 0.717) is 17.0 Å². The van der Waals surface area contributed by atoms with Crippen LogP contribution in [0.5, 0.6) is 5.75 Å². The van der Waals surface area contributed by atoms with E-state index in [4.69, 9.17) is 9.47 Å². The molecule has 0 aliphatic carbocycles. The van der Waals surface area contributed by atoms with Gasteiger partial charge in [-0.25, -0.2) is 0 Å². The van der Waals surface area contributed by atoms with Gasteiger partial charge in [-0.15, -0.1) is 0 Å². The molecule has 9 heteroatoms. The van der Waals surface area contributed by atoms with Crippen LogP contribution in [-0.4, -0.2) is 47.2 Å². The maximum absolute atomic E-state index is 12.5. The van der Waals surface area contributed by atoms with Crippen molar-refractivity contribution < 1.29 is 28.7 Å². The second kappa shape index (κ2) is 10.8. The number of rotatable bonds is 8. The van der Waals surface area contributed by atoms with Crippen LogP contribution in [0, 0.1) is 6.92 Å². The molecule has 0 saturated carbocycles. The number of nitrogens with zero attached hydrogens (tertiary/aromatic N) is 1. The minimum absolute atomic E-state index is 0.154. The summed E-state index contributed by atoms with van der Waals surface area (Å²) in [6.07, 6.45) is 1.23. The number of hydrogen-bond acceptors (Lipinski definition) is 7. The van der Waals surface area contributed by atoms with Gasteiger partial charge in [0.2, 0.25) is 0 Å². The monoisotopic (exact) mass is 468 g/mol. The lowest BCUT2D eigenvalue weighted by Gasteiger charge is -2.13. The van der Waals surface area contributed by atoms with Crippen LogP contribution in [0.25, 0.3) is 6.08 Å². The van der Waals surface area contributed by atoms with Crippen molar-refractivity contribution in [3.8, 4) is 5.75 Å². The van der Waals surface area contributed by atoms with Crippen molar-refractivity contribution in [3.05, 3.63) is 64.6 Å². The van der Waals surface area contributed by atoms with Gasteiger partial charge in [0.25, 0.3) is 17.1 Å². The molecule has 3 amide bonds. The Kier molecular flexibility index (Phi) is 7.89. The number of anilines is 1. The van der Waals surface area contributed by atoms with Crippen LogP contribution >= 0.6 is 11.8 Å². The molecule has 1 fully saturated rings. The number of imide groups is 1. The van der Waals surface area contributed by atoms with Gasteiger partial charge in [-0.2, -0.15) is 0 Å². The van der Waals surface area contributed by atoms with E-state index >= 15 is 0 Å². The highest BCUT2D eigenvalue weighted by molar-refractivity contribution is 8.18. The highest BCUT2D eigenvalue weighted by Gasteiger charge is 2.36. The van der Waals surface area contributed by atoms with Gasteiger partial charge in [-0.3, -0.25) is 24.1 Å². The molecule has 2 aromatic carbocycles. The molecule has 3 rings (SSSR count). The standard InChI is InChI=1S/C24H24N2O6S/c1-15(2)32-22(28)13-26-23(29)20(33-24(26)30)12-17-7-9-19(10-8-17)31-14-21(27)25-18-6-4-5-16(3)11-18/h4-12,15H,13-14H2,1-3H3,(H,25,27)/b20-12-. The quantitative estimate of drug-likeness (QED) is 0.461. The van der Waals surface area contributed by atoms with Gasteiger partial charge in [-0.1, -0.05) is 24.3 Å². The van der Waals surface area contributed by atoms with Crippen molar-refractivity contribution in [1.82, 2.24) is 4.90 Å². The predicted octanol–water partition coefficient (Wildman–Crippen LogP) is 4.00. The number of ether oxygens (including phenoxy) is 2. The largest absolute Gasteiger partial charge is 0.484 e. The lowest BCUT2D eigenvalue weighted by Crippen LogP contribution is -2.35. The molecule has 0 radical (unpaired) electrons. The summed E-state index contributed by atoms with van der Waals surface area (Å²) < 4.78 is 10.5. The zero-order chi connectivity index (χ0) is 24.0. The first-order valence-electron chi connectivity index (χ1n) is 10.3. The zero-order valence-electron chi connectivity index (χ0n) is 18.5.